The van der Waals surface area contributed by atoms with Crippen molar-refractivity contribution in [1.82, 2.24) is 5.32 Å². The summed E-state index contributed by atoms with van der Waals surface area (Å²) < 4.78 is 0. The summed E-state index contributed by atoms with van der Waals surface area (Å²) in [6.45, 7) is 5.99. The van der Waals surface area contributed by atoms with Crippen LogP contribution in [0.3, 0.4) is 0 Å². The van der Waals surface area contributed by atoms with E-state index in [2.05, 4.69) is 19.2 Å². The first-order valence-electron chi connectivity index (χ1n) is 6.40. The summed E-state index contributed by atoms with van der Waals surface area (Å²) in [6.07, 6.45) is 1.09. The van der Waals surface area contributed by atoms with Gasteiger partial charge < -0.3 is 11.1 Å². The molecular formula is C14H21N3O2. The van der Waals surface area contributed by atoms with Crippen molar-refractivity contribution in [2.75, 3.05) is 5.32 Å². The minimum atomic E-state index is -0.842. The van der Waals surface area contributed by atoms with E-state index in [4.69, 9.17) is 5.73 Å². The number of rotatable bonds is 5. The number of anilines is 1. The molecule has 5 heteroatoms. The monoisotopic (exact) mass is 263 g/mol. The molecule has 2 atom stereocenters. The average Bonchev–Trinajstić information content (AvgIpc) is 2.37. The van der Waals surface area contributed by atoms with Crippen LogP contribution in [0.5, 0.6) is 0 Å². The topological polar surface area (TPSA) is 84.2 Å². The predicted molar refractivity (Wildman–Crippen MR) is 76.0 cm³/mol. The van der Waals surface area contributed by atoms with Gasteiger partial charge in [-0.2, -0.15) is 0 Å². The highest BCUT2D eigenvalue weighted by atomic mass is 16.2. The van der Waals surface area contributed by atoms with Crippen molar-refractivity contribution in [2.24, 2.45) is 5.73 Å². The number of hydrogen-bond donors (Lipinski definition) is 3. The molecule has 0 fully saturated rings. The number of benzene rings is 1. The zero-order valence-electron chi connectivity index (χ0n) is 11.6. The molecule has 1 aromatic rings. The number of nitrogens with one attached hydrogen (secondary N) is 2. The van der Waals surface area contributed by atoms with Gasteiger partial charge in [-0.1, -0.05) is 26.0 Å². The fourth-order valence-corrected chi connectivity index (χ4v) is 1.69. The number of hydrogen-bond acceptors (Lipinski definition) is 3. The number of nitrogens with two attached hydrogens (primary N) is 1. The quantitative estimate of drug-likeness (QED) is 0.761. The van der Waals surface area contributed by atoms with Crippen molar-refractivity contribution in [2.45, 2.75) is 39.2 Å². The summed E-state index contributed by atoms with van der Waals surface area (Å²) in [7, 11) is 0. The van der Waals surface area contributed by atoms with E-state index in [1.54, 1.807) is 6.92 Å². The third-order valence-electron chi connectivity index (χ3n) is 3.11. The Morgan fingerprint density at radius 2 is 1.79 bits per heavy atom. The summed E-state index contributed by atoms with van der Waals surface area (Å²) in [5.41, 5.74) is 6.99. The van der Waals surface area contributed by atoms with Crippen LogP contribution in [0, 0.1) is 0 Å². The van der Waals surface area contributed by atoms with Gasteiger partial charge in [-0.25, -0.2) is 4.79 Å². The molecule has 0 aliphatic rings. The second-order valence-corrected chi connectivity index (χ2v) is 4.65. The Morgan fingerprint density at radius 1 is 1.21 bits per heavy atom. The van der Waals surface area contributed by atoms with E-state index in [0.717, 1.165) is 12.1 Å². The highest BCUT2D eigenvalue weighted by Gasteiger charge is 2.14. The van der Waals surface area contributed by atoms with Crippen LogP contribution in [0.2, 0.25) is 0 Å². The van der Waals surface area contributed by atoms with Crippen molar-refractivity contribution in [3.8, 4) is 0 Å². The van der Waals surface area contributed by atoms with Crippen molar-refractivity contribution in [3.63, 3.8) is 0 Å². The summed E-state index contributed by atoms with van der Waals surface area (Å²) in [4.78, 5) is 22.1. The molecule has 0 radical (unpaired) electrons. The van der Waals surface area contributed by atoms with E-state index in [1.165, 1.54) is 5.56 Å². The minimum absolute atomic E-state index is 0.446. The highest BCUT2D eigenvalue weighted by molar-refractivity contribution is 5.97. The zero-order valence-corrected chi connectivity index (χ0v) is 11.6. The molecule has 0 aliphatic carbocycles. The maximum Gasteiger partial charge on any atom is 0.318 e. The molecule has 0 aromatic heterocycles. The molecule has 4 N–H and O–H groups in total. The van der Waals surface area contributed by atoms with E-state index in [-0.39, 0.29) is 0 Å². The minimum Gasteiger partial charge on any atom is -0.374 e. The Kier molecular flexibility index (Phi) is 5.36. The maximum absolute atomic E-state index is 11.5. The lowest BCUT2D eigenvalue weighted by Crippen LogP contribution is -2.43. The van der Waals surface area contributed by atoms with Crippen LogP contribution in [0.4, 0.5) is 10.5 Å². The number of urea groups is 1. The van der Waals surface area contributed by atoms with Crippen LogP contribution >= 0.6 is 0 Å². The van der Waals surface area contributed by atoms with Crippen molar-refractivity contribution in [1.29, 1.82) is 0 Å². The van der Waals surface area contributed by atoms with Crippen molar-refractivity contribution >= 4 is 17.6 Å². The fourth-order valence-electron chi connectivity index (χ4n) is 1.69. The molecule has 0 saturated carbocycles. The Hall–Kier alpha value is -2.04. The molecule has 1 rings (SSSR count). The van der Waals surface area contributed by atoms with Gasteiger partial charge in [0.25, 0.3) is 0 Å². The SMILES string of the molecule is CC[C@H](C)c1ccc(N[C@H](C)C(=O)NC(N)=O)cc1. The summed E-state index contributed by atoms with van der Waals surface area (Å²) in [5.74, 6) is 0.0723. The van der Waals surface area contributed by atoms with Gasteiger partial charge in [0.1, 0.15) is 6.04 Å². The summed E-state index contributed by atoms with van der Waals surface area (Å²) in [5, 5.41) is 5.05. The molecule has 3 amide bonds. The van der Waals surface area contributed by atoms with Crippen LogP contribution < -0.4 is 16.4 Å². The highest BCUT2D eigenvalue weighted by Crippen LogP contribution is 2.20. The van der Waals surface area contributed by atoms with Gasteiger partial charge in [-0.3, -0.25) is 10.1 Å². The molecule has 5 nitrogen and oxygen atoms in total. The number of imide groups is 1. The van der Waals surface area contributed by atoms with Crippen LogP contribution in [0.15, 0.2) is 24.3 Å². The van der Waals surface area contributed by atoms with Crippen LogP contribution in [-0.2, 0) is 4.79 Å². The molecular weight excluding hydrogens is 242 g/mol. The van der Waals surface area contributed by atoms with Crippen LogP contribution in [-0.4, -0.2) is 18.0 Å². The summed E-state index contributed by atoms with van der Waals surface area (Å²) in [6, 6.07) is 6.56. The second kappa shape index (κ2) is 6.78. The van der Waals surface area contributed by atoms with Gasteiger partial charge in [0.15, 0.2) is 0 Å². The number of carbonyl (C=O) groups is 2. The van der Waals surface area contributed by atoms with Gasteiger partial charge >= 0.3 is 6.03 Å². The first kappa shape index (κ1) is 15.0. The largest absolute Gasteiger partial charge is 0.374 e. The normalized spacial score (nSPS) is 13.4. The Labute approximate surface area is 113 Å². The van der Waals surface area contributed by atoms with E-state index in [1.807, 2.05) is 29.6 Å². The smallest absolute Gasteiger partial charge is 0.318 e. The van der Waals surface area contributed by atoms with E-state index < -0.39 is 18.0 Å². The molecule has 0 heterocycles. The van der Waals surface area contributed by atoms with E-state index in [9.17, 15) is 9.59 Å². The van der Waals surface area contributed by atoms with Crippen molar-refractivity contribution < 1.29 is 9.59 Å². The third kappa shape index (κ3) is 4.62. The average molecular weight is 263 g/mol. The lowest BCUT2D eigenvalue weighted by molar-refractivity contribution is -0.120. The second-order valence-electron chi connectivity index (χ2n) is 4.65. The molecule has 104 valence electrons. The molecule has 0 saturated heterocycles. The maximum atomic E-state index is 11.5. The van der Waals surface area contributed by atoms with Crippen molar-refractivity contribution in [3.05, 3.63) is 29.8 Å². The first-order valence-corrected chi connectivity index (χ1v) is 6.40. The molecule has 1 aromatic carbocycles. The van der Waals surface area contributed by atoms with Crippen LogP contribution in [0.25, 0.3) is 0 Å². The van der Waals surface area contributed by atoms with E-state index in [0.29, 0.717) is 5.92 Å². The third-order valence-corrected chi connectivity index (χ3v) is 3.11. The molecule has 0 aliphatic heterocycles. The van der Waals surface area contributed by atoms with Gasteiger partial charge in [0.2, 0.25) is 5.91 Å². The number of amides is 3. The van der Waals surface area contributed by atoms with E-state index >= 15 is 0 Å². The van der Waals surface area contributed by atoms with Crippen LogP contribution in [0.1, 0.15) is 38.7 Å². The Balaban J connectivity index is 2.62. The van der Waals surface area contributed by atoms with Gasteiger partial charge in [0, 0.05) is 5.69 Å². The summed E-state index contributed by atoms with van der Waals surface area (Å²) >= 11 is 0. The Bertz CT molecular complexity index is 443. The number of primary amides is 1. The number of carbonyl (C=O) groups excluding carboxylic acids is 2. The zero-order chi connectivity index (χ0) is 14.4. The standard InChI is InChI=1S/C14H21N3O2/c1-4-9(2)11-5-7-12(8-6-11)16-10(3)13(18)17-14(15)19/h5-10,16H,4H2,1-3H3,(H3,15,17,18,19)/t9-,10+/m0/s1. The molecule has 0 unspecified atom stereocenters. The molecule has 0 spiro atoms. The van der Waals surface area contributed by atoms with Gasteiger partial charge in [-0.05, 0) is 37.0 Å². The predicted octanol–water partition coefficient (Wildman–Crippen LogP) is 2.20. The lowest BCUT2D eigenvalue weighted by Gasteiger charge is -2.15. The first-order chi connectivity index (χ1) is 8.93. The van der Waals surface area contributed by atoms with Gasteiger partial charge in [-0.15, -0.1) is 0 Å². The molecule has 19 heavy (non-hydrogen) atoms. The lowest BCUT2D eigenvalue weighted by atomic mass is 9.98. The Morgan fingerprint density at radius 3 is 2.26 bits per heavy atom. The molecule has 0 bridgehead atoms. The fraction of sp³-hybridized carbons (Fsp3) is 0.429. The van der Waals surface area contributed by atoms with Gasteiger partial charge in [0.05, 0.1) is 0 Å².